The Hall–Kier alpha value is -0.970. The number of anilines is 2. The van der Waals surface area contributed by atoms with Crippen LogP contribution in [0.15, 0.2) is 18.3 Å². The van der Waals surface area contributed by atoms with Crippen molar-refractivity contribution < 1.29 is 0 Å². The molecule has 1 aromatic heterocycles. The number of rotatable bonds is 3. The minimum Gasteiger partial charge on any atom is -0.399 e. The predicted octanol–water partition coefficient (Wildman–Crippen LogP) is 4.51. The fraction of sp³-hybridized carbons (Fsp3) is 0.250. The van der Waals surface area contributed by atoms with E-state index in [1.807, 2.05) is 20.0 Å². The van der Waals surface area contributed by atoms with Gasteiger partial charge in [0.25, 0.3) is 0 Å². The number of nitrogens with one attached hydrogen (secondary N) is 1. The van der Waals surface area contributed by atoms with Gasteiger partial charge in [-0.25, -0.2) is 4.98 Å². The summed E-state index contributed by atoms with van der Waals surface area (Å²) < 4.78 is 0. The van der Waals surface area contributed by atoms with Crippen LogP contribution in [0.1, 0.15) is 22.9 Å². The molecule has 6 heteroatoms. The van der Waals surface area contributed by atoms with Crippen molar-refractivity contribution in [2.24, 2.45) is 0 Å². The van der Waals surface area contributed by atoms with Gasteiger partial charge in [-0.05, 0) is 26.0 Å². The van der Waals surface area contributed by atoms with Crippen LogP contribution < -0.4 is 11.1 Å². The third-order valence-corrected chi connectivity index (χ3v) is 4.13. The monoisotopic (exact) mass is 301 g/mol. The van der Waals surface area contributed by atoms with Gasteiger partial charge >= 0.3 is 0 Å². The van der Waals surface area contributed by atoms with Crippen molar-refractivity contribution in [2.75, 3.05) is 11.1 Å². The maximum atomic E-state index is 6.13. The second-order valence-electron chi connectivity index (χ2n) is 4.03. The first-order valence-electron chi connectivity index (χ1n) is 5.40. The number of aromatic nitrogens is 1. The highest BCUT2D eigenvalue weighted by molar-refractivity contribution is 7.11. The molecule has 3 N–H and O–H groups in total. The second-order valence-corrected chi connectivity index (χ2v) is 6.12. The quantitative estimate of drug-likeness (QED) is 0.820. The number of aryl methyl sites for hydroxylation is 1. The Balaban J connectivity index is 2.24. The van der Waals surface area contributed by atoms with Gasteiger partial charge in [-0.2, -0.15) is 0 Å². The van der Waals surface area contributed by atoms with Crippen LogP contribution in [0.3, 0.4) is 0 Å². The molecule has 1 aromatic carbocycles. The van der Waals surface area contributed by atoms with Crippen molar-refractivity contribution >= 4 is 45.9 Å². The smallest absolute Gasteiger partial charge is 0.115 e. The van der Waals surface area contributed by atoms with Gasteiger partial charge < -0.3 is 11.1 Å². The molecule has 1 unspecified atom stereocenters. The minimum atomic E-state index is 0.0438. The first-order chi connectivity index (χ1) is 8.47. The highest BCUT2D eigenvalue weighted by Crippen LogP contribution is 2.35. The van der Waals surface area contributed by atoms with Crippen molar-refractivity contribution in [3.8, 4) is 0 Å². The van der Waals surface area contributed by atoms with E-state index < -0.39 is 0 Å². The average molecular weight is 302 g/mol. The number of hydrogen-bond donors (Lipinski definition) is 2. The molecule has 96 valence electrons. The van der Waals surface area contributed by atoms with Crippen molar-refractivity contribution in [1.82, 2.24) is 4.98 Å². The molecule has 2 rings (SSSR count). The summed E-state index contributed by atoms with van der Waals surface area (Å²) in [6, 6.07) is 3.40. The average Bonchev–Trinajstić information content (AvgIpc) is 2.70. The van der Waals surface area contributed by atoms with Gasteiger partial charge in [0.15, 0.2) is 0 Å². The lowest BCUT2D eigenvalue weighted by Crippen LogP contribution is -2.07. The van der Waals surface area contributed by atoms with Crippen LogP contribution in [-0.4, -0.2) is 4.98 Å². The van der Waals surface area contributed by atoms with Crippen LogP contribution >= 0.6 is 34.5 Å². The normalized spacial score (nSPS) is 12.4. The summed E-state index contributed by atoms with van der Waals surface area (Å²) in [5, 5.41) is 5.29. The first-order valence-corrected chi connectivity index (χ1v) is 6.98. The number of halogens is 2. The van der Waals surface area contributed by atoms with E-state index in [1.54, 1.807) is 23.5 Å². The number of nitrogens with zero attached hydrogens (tertiary/aromatic N) is 1. The zero-order valence-corrected chi connectivity index (χ0v) is 12.3. The van der Waals surface area contributed by atoms with Crippen LogP contribution in [-0.2, 0) is 0 Å². The van der Waals surface area contributed by atoms with Gasteiger partial charge in [0.05, 0.1) is 21.8 Å². The minimum absolute atomic E-state index is 0.0438. The van der Waals surface area contributed by atoms with Crippen molar-refractivity contribution in [3.63, 3.8) is 0 Å². The van der Waals surface area contributed by atoms with Gasteiger partial charge in [0, 0.05) is 16.8 Å². The molecule has 0 aliphatic carbocycles. The van der Waals surface area contributed by atoms with Crippen LogP contribution in [0.2, 0.25) is 10.0 Å². The van der Waals surface area contributed by atoms with Crippen LogP contribution in [0.25, 0.3) is 0 Å². The Bertz CT molecular complexity index is 545. The standard InChI is InChI=1S/C12H13Cl2N3S/c1-6-5-16-12(18-6)7(2)17-11-9(13)3-8(15)4-10(11)14/h3-5,7,17H,15H2,1-2H3. The number of nitrogen functional groups attached to an aromatic ring is 1. The Kier molecular flexibility index (Phi) is 4.00. The molecule has 1 heterocycles. The van der Waals surface area contributed by atoms with Gasteiger partial charge in [0.2, 0.25) is 0 Å². The highest BCUT2D eigenvalue weighted by Gasteiger charge is 2.14. The first kappa shape index (κ1) is 13.5. The van der Waals surface area contributed by atoms with E-state index >= 15 is 0 Å². The molecule has 0 aliphatic heterocycles. The Morgan fingerprint density at radius 1 is 1.33 bits per heavy atom. The molecule has 0 spiro atoms. The van der Waals surface area contributed by atoms with E-state index in [-0.39, 0.29) is 6.04 Å². The third-order valence-electron chi connectivity index (χ3n) is 2.43. The lowest BCUT2D eigenvalue weighted by atomic mass is 10.2. The van der Waals surface area contributed by atoms with E-state index in [1.165, 1.54) is 4.88 Å². The van der Waals surface area contributed by atoms with Gasteiger partial charge in [-0.1, -0.05) is 23.2 Å². The zero-order valence-electron chi connectivity index (χ0n) is 10.00. The van der Waals surface area contributed by atoms with Gasteiger partial charge in [-0.15, -0.1) is 11.3 Å². The number of benzene rings is 1. The molecule has 1 atom stereocenters. The maximum Gasteiger partial charge on any atom is 0.115 e. The maximum absolute atomic E-state index is 6.13. The molecule has 0 amide bonds. The van der Waals surface area contributed by atoms with Crippen molar-refractivity contribution in [1.29, 1.82) is 0 Å². The molecular formula is C12H13Cl2N3S. The summed E-state index contributed by atoms with van der Waals surface area (Å²) in [6.45, 7) is 4.04. The molecule has 0 radical (unpaired) electrons. The van der Waals surface area contributed by atoms with E-state index in [0.29, 0.717) is 21.4 Å². The SMILES string of the molecule is Cc1cnc(C(C)Nc2c(Cl)cc(N)cc2Cl)s1. The molecule has 0 bridgehead atoms. The van der Waals surface area contributed by atoms with Crippen molar-refractivity contribution in [2.45, 2.75) is 19.9 Å². The van der Waals surface area contributed by atoms with Gasteiger partial charge in [-0.3, -0.25) is 0 Å². The fourth-order valence-corrected chi connectivity index (χ4v) is 2.97. The number of nitrogens with two attached hydrogens (primary N) is 1. The van der Waals surface area contributed by atoms with Gasteiger partial charge in [0.1, 0.15) is 5.01 Å². The van der Waals surface area contributed by atoms with Crippen molar-refractivity contribution in [3.05, 3.63) is 38.3 Å². The highest BCUT2D eigenvalue weighted by atomic mass is 35.5. The largest absolute Gasteiger partial charge is 0.399 e. The molecule has 3 nitrogen and oxygen atoms in total. The van der Waals surface area contributed by atoms with Crippen LogP contribution in [0, 0.1) is 6.92 Å². The number of thiazole rings is 1. The Morgan fingerprint density at radius 3 is 2.44 bits per heavy atom. The lowest BCUT2D eigenvalue weighted by molar-refractivity contribution is 0.870. The Morgan fingerprint density at radius 2 is 1.94 bits per heavy atom. The van der Waals surface area contributed by atoms with E-state index in [0.717, 1.165) is 5.01 Å². The number of hydrogen-bond acceptors (Lipinski definition) is 4. The third kappa shape index (κ3) is 2.88. The summed E-state index contributed by atoms with van der Waals surface area (Å²) in [7, 11) is 0. The van der Waals surface area contributed by atoms with E-state index in [9.17, 15) is 0 Å². The summed E-state index contributed by atoms with van der Waals surface area (Å²) in [5.74, 6) is 0. The molecule has 0 saturated carbocycles. The van der Waals surface area contributed by atoms with Crippen LogP contribution in [0.4, 0.5) is 11.4 Å². The molecule has 0 aliphatic rings. The zero-order chi connectivity index (χ0) is 13.3. The summed E-state index contributed by atoms with van der Waals surface area (Å²) >= 11 is 13.9. The molecular weight excluding hydrogens is 289 g/mol. The van der Waals surface area contributed by atoms with E-state index in [4.69, 9.17) is 28.9 Å². The predicted molar refractivity (Wildman–Crippen MR) is 79.8 cm³/mol. The topological polar surface area (TPSA) is 50.9 Å². The summed E-state index contributed by atoms with van der Waals surface area (Å²) in [6.07, 6.45) is 1.85. The molecule has 2 aromatic rings. The second kappa shape index (κ2) is 5.34. The fourth-order valence-electron chi connectivity index (χ4n) is 1.58. The summed E-state index contributed by atoms with van der Waals surface area (Å²) in [5.41, 5.74) is 6.90. The Labute approximate surface area is 120 Å². The lowest BCUT2D eigenvalue weighted by Gasteiger charge is -2.16. The molecule has 0 fully saturated rings. The summed E-state index contributed by atoms with van der Waals surface area (Å²) in [4.78, 5) is 5.51. The molecule has 0 saturated heterocycles. The van der Waals surface area contributed by atoms with Crippen LogP contribution in [0.5, 0.6) is 0 Å². The molecule has 18 heavy (non-hydrogen) atoms. The van der Waals surface area contributed by atoms with E-state index in [2.05, 4.69) is 10.3 Å².